The summed E-state index contributed by atoms with van der Waals surface area (Å²) in [5, 5.41) is 9.02. The highest BCUT2D eigenvalue weighted by Gasteiger charge is 2.29. The number of amides is 1. The largest absolute Gasteiger partial charge is 0.482 e. The van der Waals surface area contributed by atoms with Gasteiger partial charge in [0.25, 0.3) is 15.9 Å². The third-order valence-corrected chi connectivity index (χ3v) is 5.69. The van der Waals surface area contributed by atoms with Crippen LogP contribution >= 0.6 is 0 Å². The number of hydrogen-bond acceptors (Lipinski definition) is 5. The SMILES string of the molecule is Cc1cccc(NS(=O)(=O)c2ccc3c(c2)N(CC(=O)O)C(=O)CO3)c1C. The molecule has 8 nitrogen and oxygen atoms in total. The zero-order valence-electron chi connectivity index (χ0n) is 14.7. The van der Waals surface area contributed by atoms with Crippen molar-refractivity contribution in [2.24, 2.45) is 0 Å². The predicted octanol–water partition coefficient (Wildman–Crippen LogP) is 1.91. The number of hydrogen-bond donors (Lipinski definition) is 2. The quantitative estimate of drug-likeness (QED) is 0.806. The molecular weight excluding hydrogens is 372 g/mol. The van der Waals surface area contributed by atoms with E-state index in [0.717, 1.165) is 16.0 Å². The first-order valence-corrected chi connectivity index (χ1v) is 9.55. The number of nitrogens with one attached hydrogen (secondary N) is 1. The van der Waals surface area contributed by atoms with Crippen molar-refractivity contribution in [2.45, 2.75) is 18.7 Å². The number of ether oxygens (including phenoxy) is 1. The summed E-state index contributed by atoms with van der Waals surface area (Å²) in [6, 6.07) is 9.27. The fourth-order valence-corrected chi connectivity index (χ4v) is 3.87. The molecule has 0 saturated heterocycles. The molecule has 0 unspecified atom stereocenters. The van der Waals surface area contributed by atoms with Crippen molar-refractivity contribution < 1.29 is 27.9 Å². The van der Waals surface area contributed by atoms with Gasteiger partial charge in [-0.15, -0.1) is 0 Å². The van der Waals surface area contributed by atoms with Gasteiger partial charge in [0.05, 0.1) is 16.3 Å². The minimum absolute atomic E-state index is 0.101. The van der Waals surface area contributed by atoms with Crippen molar-refractivity contribution in [3.63, 3.8) is 0 Å². The van der Waals surface area contributed by atoms with Crippen molar-refractivity contribution in [3.8, 4) is 5.75 Å². The summed E-state index contributed by atoms with van der Waals surface area (Å²) in [5.74, 6) is -1.51. The minimum atomic E-state index is -3.95. The van der Waals surface area contributed by atoms with Crippen molar-refractivity contribution in [1.29, 1.82) is 0 Å². The molecule has 1 aliphatic heterocycles. The number of aliphatic carboxylic acids is 1. The molecule has 0 radical (unpaired) electrons. The first-order chi connectivity index (χ1) is 12.7. The maximum atomic E-state index is 12.8. The van der Waals surface area contributed by atoms with Crippen LogP contribution in [0.3, 0.4) is 0 Å². The van der Waals surface area contributed by atoms with Crippen molar-refractivity contribution in [1.82, 2.24) is 0 Å². The van der Waals surface area contributed by atoms with E-state index in [2.05, 4.69) is 4.72 Å². The molecule has 2 aromatic rings. The average Bonchev–Trinajstić information content (AvgIpc) is 2.60. The highest BCUT2D eigenvalue weighted by Crippen LogP contribution is 2.34. The maximum Gasteiger partial charge on any atom is 0.323 e. The highest BCUT2D eigenvalue weighted by molar-refractivity contribution is 7.92. The molecule has 0 fully saturated rings. The summed E-state index contributed by atoms with van der Waals surface area (Å²) < 4.78 is 33.4. The van der Waals surface area contributed by atoms with Crippen LogP contribution in [0.1, 0.15) is 11.1 Å². The molecule has 142 valence electrons. The van der Waals surface area contributed by atoms with E-state index < -0.39 is 28.4 Å². The van der Waals surface area contributed by atoms with E-state index in [4.69, 9.17) is 9.84 Å². The lowest BCUT2D eigenvalue weighted by atomic mass is 10.1. The summed E-state index contributed by atoms with van der Waals surface area (Å²) in [4.78, 5) is 23.9. The van der Waals surface area contributed by atoms with Crippen molar-refractivity contribution in [3.05, 3.63) is 47.5 Å². The molecule has 27 heavy (non-hydrogen) atoms. The molecule has 1 amide bonds. The molecule has 1 heterocycles. The Labute approximate surface area is 156 Å². The van der Waals surface area contributed by atoms with Gasteiger partial charge in [-0.05, 0) is 49.2 Å². The first-order valence-electron chi connectivity index (χ1n) is 8.07. The Balaban J connectivity index is 2.00. The summed E-state index contributed by atoms with van der Waals surface area (Å²) in [6.45, 7) is 2.80. The number of aryl methyl sites for hydroxylation is 1. The Morgan fingerprint density at radius 2 is 2.00 bits per heavy atom. The van der Waals surface area contributed by atoms with E-state index in [9.17, 15) is 18.0 Å². The standard InChI is InChI=1S/C18H18N2O6S/c1-11-4-3-5-14(12(11)2)19-27(24,25)13-6-7-16-15(8-13)20(9-18(22)23)17(21)10-26-16/h3-8,19H,9-10H2,1-2H3,(H,22,23). The van der Waals surface area contributed by atoms with Crippen LogP contribution in [0.4, 0.5) is 11.4 Å². The molecule has 0 aromatic heterocycles. The Morgan fingerprint density at radius 1 is 1.26 bits per heavy atom. The van der Waals surface area contributed by atoms with Crippen LogP contribution < -0.4 is 14.4 Å². The Hall–Kier alpha value is -3.07. The first kappa shape index (κ1) is 18.7. The lowest BCUT2D eigenvalue weighted by molar-refractivity contribution is -0.137. The zero-order valence-corrected chi connectivity index (χ0v) is 15.5. The number of sulfonamides is 1. The van der Waals surface area contributed by atoms with Crippen LogP contribution in [-0.4, -0.2) is 38.6 Å². The zero-order chi connectivity index (χ0) is 19.8. The van der Waals surface area contributed by atoms with Crippen molar-refractivity contribution in [2.75, 3.05) is 22.8 Å². The number of carbonyl (C=O) groups excluding carboxylic acids is 1. The van der Waals surface area contributed by atoms with Gasteiger partial charge in [-0.3, -0.25) is 19.2 Å². The third kappa shape index (κ3) is 3.72. The highest BCUT2D eigenvalue weighted by atomic mass is 32.2. The number of carboxylic acids is 1. The lowest BCUT2D eigenvalue weighted by Crippen LogP contribution is -2.42. The molecule has 0 spiro atoms. The van der Waals surface area contributed by atoms with Crippen LogP contribution in [0.15, 0.2) is 41.3 Å². The normalized spacial score (nSPS) is 13.7. The third-order valence-electron chi connectivity index (χ3n) is 4.33. The number of benzene rings is 2. The number of carboxylic acid groups (broad SMARTS) is 1. The van der Waals surface area contributed by atoms with Gasteiger partial charge in [-0.2, -0.15) is 0 Å². The summed E-state index contributed by atoms with van der Waals surface area (Å²) in [6.07, 6.45) is 0. The fourth-order valence-electron chi connectivity index (χ4n) is 2.72. The predicted molar refractivity (Wildman–Crippen MR) is 98.7 cm³/mol. The van der Waals surface area contributed by atoms with Gasteiger partial charge in [0, 0.05) is 0 Å². The number of carbonyl (C=O) groups is 2. The van der Waals surface area contributed by atoms with Gasteiger partial charge in [-0.1, -0.05) is 12.1 Å². The average molecular weight is 390 g/mol. The van der Waals surface area contributed by atoms with Crippen molar-refractivity contribution >= 4 is 33.3 Å². The van der Waals surface area contributed by atoms with Crippen LogP contribution in [0.5, 0.6) is 5.75 Å². The maximum absolute atomic E-state index is 12.8. The van der Waals surface area contributed by atoms with Crippen LogP contribution in [-0.2, 0) is 19.6 Å². The fraction of sp³-hybridized carbons (Fsp3) is 0.222. The van der Waals surface area contributed by atoms with Crippen LogP contribution in [0, 0.1) is 13.8 Å². The topological polar surface area (TPSA) is 113 Å². The van der Waals surface area contributed by atoms with E-state index in [-0.39, 0.29) is 22.9 Å². The molecule has 1 aliphatic rings. The number of fused-ring (bicyclic) bond motifs is 1. The molecule has 9 heteroatoms. The van der Waals surface area contributed by atoms with E-state index in [1.54, 1.807) is 19.1 Å². The van der Waals surface area contributed by atoms with E-state index in [0.29, 0.717) is 5.69 Å². The smallest absolute Gasteiger partial charge is 0.323 e. The molecular formula is C18H18N2O6S. The second-order valence-electron chi connectivity index (χ2n) is 6.14. The Kier molecular flexibility index (Phi) is 4.79. The number of nitrogens with zero attached hydrogens (tertiary/aromatic N) is 1. The van der Waals surface area contributed by atoms with Gasteiger partial charge in [-0.25, -0.2) is 8.42 Å². The minimum Gasteiger partial charge on any atom is -0.482 e. The number of anilines is 2. The molecule has 2 N–H and O–H groups in total. The van der Waals surface area contributed by atoms with Gasteiger partial charge >= 0.3 is 5.97 Å². The summed E-state index contributed by atoms with van der Waals surface area (Å²) in [5.41, 5.74) is 2.29. The lowest BCUT2D eigenvalue weighted by Gasteiger charge is -2.28. The summed E-state index contributed by atoms with van der Waals surface area (Å²) >= 11 is 0. The van der Waals surface area contributed by atoms with Gasteiger partial charge in [0.2, 0.25) is 0 Å². The van der Waals surface area contributed by atoms with Crippen LogP contribution in [0.2, 0.25) is 0 Å². The monoisotopic (exact) mass is 390 g/mol. The Bertz CT molecular complexity index is 1030. The van der Waals surface area contributed by atoms with Gasteiger partial charge < -0.3 is 9.84 Å². The molecule has 0 saturated carbocycles. The molecule has 3 rings (SSSR count). The van der Waals surface area contributed by atoms with E-state index in [1.165, 1.54) is 18.2 Å². The second-order valence-corrected chi connectivity index (χ2v) is 7.83. The summed E-state index contributed by atoms with van der Waals surface area (Å²) in [7, 11) is -3.95. The van der Waals surface area contributed by atoms with E-state index >= 15 is 0 Å². The van der Waals surface area contributed by atoms with Gasteiger partial charge in [0.1, 0.15) is 12.3 Å². The second kappa shape index (κ2) is 6.92. The Morgan fingerprint density at radius 3 is 2.70 bits per heavy atom. The van der Waals surface area contributed by atoms with Gasteiger partial charge in [0.15, 0.2) is 6.61 Å². The van der Waals surface area contributed by atoms with E-state index in [1.807, 2.05) is 13.0 Å². The number of rotatable bonds is 5. The molecule has 0 atom stereocenters. The molecule has 0 bridgehead atoms. The van der Waals surface area contributed by atoms with Crippen LogP contribution in [0.25, 0.3) is 0 Å². The molecule has 2 aromatic carbocycles. The molecule has 0 aliphatic carbocycles.